The van der Waals surface area contributed by atoms with Crippen LogP contribution in [0, 0.1) is 0 Å². The first-order valence-corrected chi connectivity index (χ1v) is 8.61. The van der Waals surface area contributed by atoms with E-state index in [9.17, 15) is 4.79 Å². The third kappa shape index (κ3) is 2.23. The normalized spacial score (nSPS) is 16.7. The molecule has 1 aliphatic rings. The first kappa shape index (κ1) is 14.9. The number of anilines is 1. The van der Waals surface area contributed by atoms with Crippen molar-refractivity contribution >= 4 is 22.5 Å². The average molecular weight is 340 g/mol. The number of amides is 1. The van der Waals surface area contributed by atoms with Crippen molar-refractivity contribution in [3.05, 3.63) is 96.1 Å². The lowest BCUT2D eigenvalue weighted by Gasteiger charge is -2.35. The number of benzene rings is 2. The van der Waals surface area contributed by atoms with Crippen LogP contribution in [0.5, 0.6) is 0 Å². The summed E-state index contributed by atoms with van der Waals surface area (Å²) >= 11 is 0. The van der Waals surface area contributed by atoms with Crippen LogP contribution in [-0.4, -0.2) is 10.9 Å². The molecule has 3 heterocycles. The van der Waals surface area contributed by atoms with Gasteiger partial charge in [-0.2, -0.15) is 0 Å². The van der Waals surface area contributed by atoms with Gasteiger partial charge in [0.25, 0.3) is 5.91 Å². The highest BCUT2D eigenvalue weighted by molar-refractivity contribution is 6.10. The molecule has 0 saturated heterocycles. The van der Waals surface area contributed by atoms with Crippen LogP contribution >= 0.6 is 0 Å². The highest BCUT2D eigenvalue weighted by Crippen LogP contribution is 2.39. The lowest BCUT2D eigenvalue weighted by Crippen LogP contribution is -2.40. The van der Waals surface area contributed by atoms with Gasteiger partial charge in [0.15, 0.2) is 5.76 Å². The fourth-order valence-electron chi connectivity index (χ4n) is 3.74. The summed E-state index contributed by atoms with van der Waals surface area (Å²) in [6, 6.07) is 21.8. The molecule has 2 aromatic carbocycles. The van der Waals surface area contributed by atoms with Crippen molar-refractivity contribution in [1.29, 1.82) is 0 Å². The molecule has 1 unspecified atom stereocenters. The molecule has 0 aliphatic carbocycles. The first-order valence-electron chi connectivity index (χ1n) is 8.61. The van der Waals surface area contributed by atoms with Crippen LogP contribution in [0.15, 0.2) is 83.6 Å². The van der Waals surface area contributed by atoms with E-state index in [4.69, 9.17) is 4.42 Å². The Labute approximate surface area is 150 Å². The van der Waals surface area contributed by atoms with E-state index in [2.05, 4.69) is 17.1 Å². The number of hydrogen-bond donors (Lipinski definition) is 0. The zero-order valence-electron chi connectivity index (χ0n) is 14.0. The molecule has 4 heteroatoms. The zero-order chi connectivity index (χ0) is 17.5. The van der Waals surface area contributed by atoms with Crippen molar-refractivity contribution in [3.8, 4) is 0 Å². The van der Waals surface area contributed by atoms with Crippen molar-refractivity contribution in [2.24, 2.45) is 0 Å². The highest BCUT2D eigenvalue weighted by atomic mass is 16.3. The molecule has 1 amide bonds. The van der Waals surface area contributed by atoms with Crippen LogP contribution in [0.2, 0.25) is 0 Å². The number of furan rings is 1. The van der Waals surface area contributed by atoms with Gasteiger partial charge in [-0.05, 0) is 23.8 Å². The Morgan fingerprint density at radius 1 is 0.962 bits per heavy atom. The Morgan fingerprint density at radius 2 is 1.81 bits per heavy atom. The number of aromatic nitrogens is 1. The van der Waals surface area contributed by atoms with Crippen LogP contribution in [-0.2, 0) is 6.42 Å². The van der Waals surface area contributed by atoms with Crippen LogP contribution in [0.1, 0.15) is 27.7 Å². The summed E-state index contributed by atoms with van der Waals surface area (Å²) in [5.41, 5.74) is 3.68. The van der Waals surface area contributed by atoms with Gasteiger partial charge in [-0.3, -0.25) is 14.7 Å². The van der Waals surface area contributed by atoms with Crippen molar-refractivity contribution < 1.29 is 9.21 Å². The molecule has 0 spiro atoms. The Kier molecular flexibility index (Phi) is 3.35. The van der Waals surface area contributed by atoms with Crippen molar-refractivity contribution in [3.63, 3.8) is 0 Å². The first-order chi connectivity index (χ1) is 12.8. The molecule has 0 fully saturated rings. The second-order valence-corrected chi connectivity index (χ2v) is 6.43. The molecule has 2 aromatic heterocycles. The van der Waals surface area contributed by atoms with Crippen LogP contribution in [0.3, 0.4) is 0 Å². The summed E-state index contributed by atoms with van der Waals surface area (Å²) in [6.45, 7) is 0. The summed E-state index contributed by atoms with van der Waals surface area (Å²) in [7, 11) is 0. The van der Waals surface area contributed by atoms with E-state index in [0.29, 0.717) is 12.2 Å². The molecule has 4 nitrogen and oxygen atoms in total. The largest absolute Gasteiger partial charge is 0.459 e. The maximum absolute atomic E-state index is 13.3. The Morgan fingerprint density at radius 3 is 2.69 bits per heavy atom. The van der Waals surface area contributed by atoms with Gasteiger partial charge >= 0.3 is 0 Å². The molecule has 4 aromatic rings. The maximum atomic E-state index is 13.3. The van der Waals surface area contributed by atoms with Crippen LogP contribution < -0.4 is 4.90 Å². The number of rotatable bonds is 2. The fourth-order valence-corrected chi connectivity index (χ4v) is 3.74. The topological polar surface area (TPSA) is 46.3 Å². The minimum Gasteiger partial charge on any atom is -0.459 e. The van der Waals surface area contributed by atoms with Gasteiger partial charge in [0, 0.05) is 23.6 Å². The van der Waals surface area contributed by atoms with Crippen molar-refractivity contribution in [2.45, 2.75) is 12.5 Å². The standard InChI is InChI=1S/C22H16N2O2/c25-22-21-17(11-13-26-21)14-19(15-6-2-1-3-7-15)24(22)18-10-4-8-16-9-5-12-23-20(16)18/h1-13,19H,14H2. The smallest absolute Gasteiger partial charge is 0.294 e. The third-order valence-electron chi connectivity index (χ3n) is 4.94. The van der Waals surface area contributed by atoms with E-state index in [1.807, 2.05) is 59.5 Å². The van der Waals surface area contributed by atoms with Crippen molar-refractivity contribution in [2.75, 3.05) is 4.90 Å². The summed E-state index contributed by atoms with van der Waals surface area (Å²) in [5.74, 6) is 0.299. The number of carbonyl (C=O) groups is 1. The molecular formula is C22H16N2O2. The average Bonchev–Trinajstić information content (AvgIpc) is 3.17. The molecule has 5 rings (SSSR count). The Hall–Kier alpha value is -3.40. The predicted octanol–water partition coefficient (Wildman–Crippen LogP) is 4.77. The lowest BCUT2D eigenvalue weighted by atomic mass is 9.92. The minimum absolute atomic E-state index is 0.0959. The van der Waals surface area contributed by atoms with Gasteiger partial charge in [-0.25, -0.2) is 0 Å². The molecule has 0 bridgehead atoms. The van der Waals surface area contributed by atoms with Gasteiger partial charge in [-0.15, -0.1) is 0 Å². The van der Waals surface area contributed by atoms with Crippen LogP contribution in [0.25, 0.3) is 10.9 Å². The fraction of sp³-hybridized carbons (Fsp3) is 0.0909. The number of fused-ring (bicyclic) bond motifs is 2. The summed E-state index contributed by atoms with van der Waals surface area (Å²) in [4.78, 5) is 19.7. The molecule has 26 heavy (non-hydrogen) atoms. The van der Waals surface area contributed by atoms with Gasteiger partial charge in [0.1, 0.15) is 0 Å². The molecule has 0 N–H and O–H groups in total. The molecule has 0 saturated carbocycles. The minimum atomic E-state index is -0.122. The molecule has 0 radical (unpaired) electrons. The maximum Gasteiger partial charge on any atom is 0.294 e. The van der Waals surface area contributed by atoms with Gasteiger partial charge in [0.2, 0.25) is 0 Å². The van der Waals surface area contributed by atoms with E-state index in [-0.39, 0.29) is 11.9 Å². The number of pyridine rings is 1. The van der Waals surface area contributed by atoms with Gasteiger partial charge < -0.3 is 4.42 Å². The number of hydrogen-bond acceptors (Lipinski definition) is 3. The number of nitrogens with zero attached hydrogens (tertiary/aromatic N) is 2. The Balaban J connectivity index is 1.74. The number of carbonyl (C=O) groups excluding carboxylic acids is 1. The van der Waals surface area contributed by atoms with E-state index in [0.717, 1.165) is 27.7 Å². The van der Waals surface area contributed by atoms with E-state index < -0.39 is 0 Å². The quantitative estimate of drug-likeness (QED) is 0.528. The van der Waals surface area contributed by atoms with Gasteiger partial charge in [-0.1, -0.05) is 48.5 Å². The number of para-hydroxylation sites is 1. The van der Waals surface area contributed by atoms with E-state index in [1.54, 1.807) is 12.5 Å². The lowest BCUT2D eigenvalue weighted by molar-refractivity contribution is 0.0938. The molecule has 1 atom stereocenters. The molecule has 1 aliphatic heterocycles. The molecule has 126 valence electrons. The summed E-state index contributed by atoms with van der Waals surface area (Å²) < 4.78 is 5.50. The predicted molar refractivity (Wildman–Crippen MR) is 100 cm³/mol. The third-order valence-corrected chi connectivity index (χ3v) is 4.94. The van der Waals surface area contributed by atoms with E-state index in [1.165, 1.54) is 0 Å². The monoisotopic (exact) mass is 340 g/mol. The van der Waals surface area contributed by atoms with Gasteiger partial charge in [0.05, 0.1) is 23.5 Å². The second-order valence-electron chi connectivity index (χ2n) is 6.43. The second kappa shape index (κ2) is 5.85. The summed E-state index contributed by atoms with van der Waals surface area (Å²) in [6.07, 6.45) is 4.07. The van der Waals surface area contributed by atoms with E-state index >= 15 is 0 Å². The zero-order valence-corrected chi connectivity index (χ0v) is 14.0. The summed E-state index contributed by atoms with van der Waals surface area (Å²) in [5, 5.41) is 1.01. The Bertz CT molecular complexity index is 1100. The molecular weight excluding hydrogens is 324 g/mol. The van der Waals surface area contributed by atoms with Crippen molar-refractivity contribution in [1.82, 2.24) is 4.98 Å². The SMILES string of the molecule is O=C1c2occc2CC(c2ccccc2)N1c1cccc2cccnc12. The highest BCUT2D eigenvalue weighted by Gasteiger charge is 2.37. The van der Waals surface area contributed by atoms with Crippen LogP contribution in [0.4, 0.5) is 5.69 Å².